The van der Waals surface area contributed by atoms with Crippen LogP contribution in [0, 0.1) is 6.92 Å². The summed E-state index contributed by atoms with van der Waals surface area (Å²) in [6, 6.07) is 20.9. The first-order valence-corrected chi connectivity index (χ1v) is 14.1. The lowest BCUT2D eigenvalue weighted by atomic mass is 10.0. The topological polar surface area (TPSA) is 74.3 Å². The number of para-hydroxylation sites is 1. The minimum Gasteiger partial charge on any atom is -0.491 e. The molecule has 3 heterocycles. The maximum Gasteiger partial charge on any atom is 0.291 e. The number of aryl methyl sites for hydroxylation is 1. The lowest BCUT2D eigenvalue weighted by molar-refractivity contribution is 0.241. The number of hydrogen-bond donors (Lipinski definition) is 0. The van der Waals surface area contributed by atoms with E-state index in [1.807, 2.05) is 80.2 Å². The summed E-state index contributed by atoms with van der Waals surface area (Å²) in [6.45, 7) is 6.02. The van der Waals surface area contributed by atoms with E-state index in [0.717, 1.165) is 33.8 Å². The number of aromatic nitrogens is 5. The quantitative estimate of drug-likeness (QED) is 0.219. The Morgan fingerprint density at radius 1 is 1.00 bits per heavy atom. The molecule has 40 heavy (non-hydrogen) atoms. The van der Waals surface area contributed by atoms with Crippen LogP contribution in [0.15, 0.2) is 77.7 Å². The Labute approximate surface area is 243 Å². The Balaban J connectivity index is 1.47. The molecular formula is C30H23Cl2N5O2S. The highest BCUT2D eigenvalue weighted by Gasteiger charge is 2.17. The number of fused-ring (bicyclic) bond motifs is 1. The highest BCUT2D eigenvalue weighted by molar-refractivity contribution is 7.15. The zero-order valence-corrected chi connectivity index (χ0v) is 24.1. The van der Waals surface area contributed by atoms with Gasteiger partial charge in [-0.15, -0.1) is 5.10 Å². The van der Waals surface area contributed by atoms with Crippen LogP contribution in [0.2, 0.25) is 10.0 Å². The summed E-state index contributed by atoms with van der Waals surface area (Å²) in [5.41, 5.74) is 4.72. The van der Waals surface area contributed by atoms with E-state index in [4.69, 9.17) is 33.0 Å². The Morgan fingerprint density at radius 3 is 2.50 bits per heavy atom. The van der Waals surface area contributed by atoms with Crippen molar-refractivity contribution in [1.82, 2.24) is 24.4 Å². The van der Waals surface area contributed by atoms with Crippen LogP contribution in [0.3, 0.4) is 0 Å². The largest absolute Gasteiger partial charge is 0.491 e. The van der Waals surface area contributed by atoms with Crippen molar-refractivity contribution in [3.05, 3.63) is 109 Å². The molecule has 0 N–H and O–H groups in total. The number of benzene rings is 3. The van der Waals surface area contributed by atoms with Crippen molar-refractivity contribution >= 4 is 45.6 Å². The number of halogens is 2. The third-order valence-electron chi connectivity index (χ3n) is 6.21. The standard InChI is InChI=1S/C30H23Cl2N5O2S/c1-17(2)39-25-12-9-19(13-18(25)3)27-20(16-36(34-27)22-7-5-4-6-8-22)14-26-29(38)37-30(40-26)33-28(35-37)23-11-10-21(31)15-24(23)32/h4-17H,1-3H3/b26-14+. The van der Waals surface area contributed by atoms with Crippen LogP contribution >= 0.6 is 34.5 Å². The van der Waals surface area contributed by atoms with Gasteiger partial charge in [0.15, 0.2) is 5.82 Å². The zero-order chi connectivity index (χ0) is 28.0. The molecule has 3 aromatic heterocycles. The van der Waals surface area contributed by atoms with Crippen LogP contribution in [0.25, 0.3) is 39.4 Å². The highest BCUT2D eigenvalue weighted by Crippen LogP contribution is 2.30. The first-order chi connectivity index (χ1) is 19.3. The Hall–Kier alpha value is -3.98. The summed E-state index contributed by atoms with van der Waals surface area (Å²) in [6.07, 6.45) is 3.84. The van der Waals surface area contributed by atoms with Gasteiger partial charge in [0, 0.05) is 27.9 Å². The third kappa shape index (κ3) is 5.01. The van der Waals surface area contributed by atoms with Crippen molar-refractivity contribution in [2.75, 3.05) is 0 Å². The monoisotopic (exact) mass is 587 g/mol. The molecule has 200 valence electrons. The van der Waals surface area contributed by atoms with Gasteiger partial charge in [-0.2, -0.15) is 14.6 Å². The van der Waals surface area contributed by atoms with Crippen molar-refractivity contribution in [2.24, 2.45) is 0 Å². The second-order valence-electron chi connectivity index (χ2n) is 9.53. The number of nitrogens with zero attached hydrogens (tertiary/aromatic N) is 5. The van der Waals surface area contributed by atoms with Crippen molar-refractivity contribution < 1.29 is 4.74 Å². The molecule has 0 aliphatic heterocycles. The van der Waals surface area contributed by atoms with Crippen molar-refractivity contribution in [3.8, 4) is 34.1 Å². The summed E-state index contributed by atoms with van der Waals surface area (Å²) < 4.78 is 9.54. The van der Waals surface area contributed by atoms with Crippen molar-refractivity contribution in [2.45, 2.75) is 26.9 Å². The van der Waals surface area contributed by atoms with Gasteiger partial charge in [-0.1, -0.05) is 52.7 Å². The molecule has 6 rings (SSSR count). The van der Waals surface area contributed by atoms with Gasteiger partial charge in [0.2, 0.25) is 4.96 Å². The van der Waals surface area contributed by atoms with E-state index in [2.05, 4.69) is 16.1 Å². The fraction of sp³-hybridized carbons (Fsp3) is 0.133. The van der Waals surface area contributed by atoms with Gasteiger partial charge < -0.3 is 4.74 Å². The molecule has 0 atom stereocenters. The maximum absolute atomic E-state index is 13.4. The number of hydrogen-bond acceptors (Lipinski definition) is 6. The Morgan fingerprint density at radius 2 is 1.80 bits per heavy atom. The van der Waals surface area contributed by atoms with Crippen molar-refractivity contribution in [3.63, 3.8) is 0 Å². The van der Waals surface area contributed by atoms with Crippen LogP contribution < -0.4 is 14.8 Å². The van der Waals surface area contributed by atoms with Gasteiger partial charge in [-0.05, 0) is 80.9 Å². The molecule has 0 fully saturated rings. The predicted octanol–water partition coefficient (Wildman–Crippen LogP) is 6.62. The third-order valence-corrected chi connectivity index (χ3v) is 7.72. The van der Waals surface area contributed by atoms with Crippen LogP contribution in [0.4, 0.5) is 0 Å². The Kier molecular flexibility index (Phi) is 6.92. The normalized spacial score (nSPS) is 12.1. The Bertz CT molecular complexity index is 1980. The molecule has 6 aromatic rings. The SMILES string of the molecule is Cc1cc(-c2nn(-c3ccccc3)cc2/C=c2/sc3nc(-c4ccc(Cl)cc4Cl)nn3c2=O)ccc1OC(C)C. The van der Waals surface area contributed by atoms with Crippen LogP contribution in [0.1, 0.15) is 25.0 Å². The summed E-state index contributed by atoms with van der Waals surface area (Å²) >= 11 is 13.6. The molecule has 0 aliphatic carbocycles. The first kappa shape index (κ1) is 26.3. The van der Waals surface area contributed by atoms with Gasteiger partial charge in [0.25, 0.3) is 5.56 Å². The molecule has 0 saturated carbocycles. The molecule has 10 heteroatoms. The number of rotatable bonds is 6. The van der Waals surface area contributed by atoms with Gasteiger partial charge in [0.05, 0.1) is 21.3 Å². The van der Waals surface area contributed by atoms with Gasteiger partial charge in [-0.25, -0.2) is 4.68 Å². The molecule has 0 radical (unpaired) electrons. The van der Waals surface area contributed by atoms with Crippen molar-refractivity contribution in [1.29, 1.82) is 0 Å². The molecule has 7 nitrogen and oxygen atoms in total. The molecule has 0 saturated heterocycles. The van der Waals surface area contributed by atoms with Crippen LogP contribution in [-0.4, -0.2) is 30.5 Å². The molecule has 0 aliphatic rings. The van der Waals surface area contributed by atoms with E-state index in [-0.39, 0.29) is 11.7 Å². The van der Waals surface area contributed by atoms with Crippen LogP contribution in [0.5, 0.6) is 5.75 Å². The van der Waals surface area contributed by atoms with E-state index < -0.39 is 0 Å². The van der Waals surface area contributed by atoms with E-state index in [9.17, 15) is 4.79 Å². The van der Waals surface area contributed by atoms with E-state index in [1.54, 1.807) is 18.2 Å². The first-order valence-electron chi connectivity index (χ1n) is 12.6. The van der Waals surface area contributed by atoms with E-state index >= 15 is 0 Å². The molecule has 0 bridgehead atoms. The zero-order valence-electron chi connectivity index (χ0n) is 21.8. The lowest BCUT2D eigenvalue weighted by Crippen LogP contribution is -2.23. The van der Waals surface area contributed by atoms with Crippen LogP contribution in [-0.2, 0) is 0 Å². The van der Waals surface area contributed by atoms with Gasteiger partial charge >= 0.3 is 0 Å². The molecule has 0 spiro atoms. The predicted molar refractivity (Wildman–Crippen MR) is 161 cm³/mol. The second-order valence-corrected chi connectivity index (χ2v) is 11.4. The van der Waals surface area contributed by atoms with Gasteiger partial charge in [0.1, 0.15) is 11.4 Å². The fourth-order valence-electron chi connectivity index (χ4n) is 4.37. The maximum atomic E-state index is 13.4. The molecule has 0 unspecified atom stereocenters. The average molecular weight is 589 g/mol. The minimum atomic E-state index is -0.265. The molecule has 3 aromatic carbocycles. The number of thiazole rings is 1. The smallest absolute Gasteiger partial charge is 0.291 e. The lowest BCUT2D eigenvalue weighted by Gasteiger charge is -2.13. The van der Waals surface area contributed by atoms with E-state index in [0.29, 0.717) is 30.9 Å². The highest BCUT2D eigenvalue weighted by atomic mass is 35.5. The summed E-state index contributed by atoms with van der Waals surface area (Å²) in [7, 11) is 0. The minimum absolute atomic E-state index is 0.0730. The van der Waals surface area contributed by atoms with Gasteiger partial charge in [-0.3, -0.25) is 4.79 Å². The molecular weight excluding hydrogens is 565 g/mol. The number of ether oxygens (including phenoxy) is 1. The second kappa shape index (κ2) is 10.5. The summed E-state index contributed by atoms with van der Waals surface area (Å²) in [5, 5.41) is 10.3. The molecule has 0 amide bonds. The summed E-state index contributed by atoms with van der Waals surface area (Å²) in [4.78, 5) is 18.4. The summed E-state index contributed by atoms with van der Waals surface area (Å²) in [5.74, 6) is 1.20. The average Bonchev–Trinajstić information content (AvgIpc) is 3.61. The van der Waals surface area contributed by atoms with E-state index in [1.165, 1.54) is 15.9 Å². The fourth-order valence-corrected chi connectivity index (χ4v) is 5.76.